The molecule has 0 spiro atoms. The van der Waals surface area contributed by atoms with Crippen molar-refractivity contribution in [2.45, 2.75) is 40.0 Å². The molecule has 27 heavy (non-hydrogen) atoms. The van der Waals surface area contributed by atoms with Gasteiger partial charge in [0, 0.05) is 6.54 Å². The van der Waals surface area contributed by atoms with Crippen molar-refractivity contribution in [3.63, 3.8) is 0 Å². The molecule has 1 unspecified atom stereocenters. The first-order valence-corrected chi connectivity index (χ1v) is 9.79. The molecule has 0 saturated heterocycles. The first-order valence-electron chi connectivity index (χ1n) is 9.00. The Morgan fingerprint density at radius 3 is 2.44 bits per heavy atom. The van der Waals surface area contributed by atoms with E-state index in [4.69, 9.17) is 9.47 Å². The number of carbonyl (C=O) groups is 1. The zero-order valence-electron chi connectivity index (χ0n) is 15.9. The maximum absolute atomic E-state index is 11.4. The Kier molecular flexibility index (Phi) is 8.13. The molecule has 0 aliphatic rings. The summed E-state index contributed by atoms with van der Waals surface area (Å²) < 4.78 is 12.5. The van der Waals surface area contributed by atoms with Gasteiger partial charge >= 0.3 is 5.97 Å². The minimum Gasteiger partial charge on any atom is -0.490 e. The highest BCUT2D eigenvalue weighted by Gasteiger charge is 2.21. The molecule has 1 atom stereocenters. The van der Waals surface area contributed by atoms with Crippen LogP contribution in [0.4, 0.5) is 0 Å². The van der Waals surface area contributed by atoms with E-state index in [-0.39, 0.29) is 5.92 Å². The van der Waals surface area contributed by atoms with Crippen LogP contribution >= 0.6 is 15.9 Å². The van der Waals surface area contributed by atoms with Crippen molar-refractivity contribution in [2.24, 2.45) is 5.92 Å². The molecule has 2 aromatic carbocycles. The smallest absolute Gasteiger partial charge is 0.320 e. The summed E-state index contributed by atoms with van der Waals surface area (Å²) in [6.07, 6.45) is 0. The minimum atomic E-state index is -0.850. The van der Waals surface area contributed by atoms with Crippen LogP contribution in [-0.2, 0) is 17.9 Å². The van der Waals surface area contributed by atoms with Crippen LogP contribution in [0.5, 0.6) is 11.5 Å². The number of nitrogens with one attached hydrogen (secondary N) is 1. The van der Waals surface area contributed by atoms with E-state index in [2.05, 4.69) is 21.2 Å². The molecule has 0 radical (unpaired) electrons. The van der Waals surface area contributed by atoms with Gasteiger partial charge in [0.1, 0.15) is 12.6 Å². The van der Waals surface area contributed by atoms with Crippen LogP contribution in [0, 0.1) is 5.92 Å². The number of hydrogen-bond acceptors (Lipinski definition) is 4. The summed E-state index contributed by atoms with van der Waals surface area (Å²) in [4.78, 5) is 11.4. The Morgan fingerprint density at radius 1 is 1.15 bits per heavy atom. The van der Waals surface area contributed by atoms with Gasteiger partial charge in [-0.15, -0.1) is 0 Å². The van der Waals surface area contributed by atoms with Crippen LogP contribution in [-0.4, -0.2) is 23.7 Å². The fraction of sp³-hybridized carbons (Fsp3) is 0.381. The van der Waals surface area contributed by atoms with Gasteiger partial charge in [-0.3, -0.25) is 4.79 Å². The maximum Gasteiger partial charge on any atom is 0.320 e. The van der Waals surface area contributed by atoms with Gasteiger partial charge in [-0.1, -0.05) is 44.2 Å². The SMILES string of the molecule is CCOc1cc(CNC(C(=O)O)C(C)C)cc(Br)c1OCc1ccccc1. The highest BCUT2D eigenvalue weighted by atomic mass is 79.9. The number of carboxylic acids is 1. The molecule has 2 rings (SSSR count). The number of benzene rings is 2. The molecule has 0 bridgehead atoms. The Labute approximate surface area is 168 Å². The lowest BCUT2D eigenvalue weighted by Gasteiger charge is -2.19. The molecule has 2 N–H and O–H groups in total. The standard InChI is InChI=1S/C21H26BrNO4/c1-4-26-18-11-16(12-23-19(14(2)3)21(24)25)10-17(22)20(18)27-13-15-8-6-5-7-9-15/h5-11,14,19,23H,4,12-13H2,1-3H3,(H,24,25). The summed E-state index contributed by atoms with van der Waals surface area (Å²) in [6.45, 7) is 7.05. The Hall–Kier alpha value is -2.05. The van der Waals surface area contributed by atoms with E-state index in [9.17, 15) is 9.90 Å². The number of aliphatic carboxylic acids is 1. The van der Waals surface area contributed by atoms with E-state index in [1.165, 1.54) is 0 Å². The molecule has 146 valence electrons. The molecular weight excluding hydrogens is 410 g/mol. The van der Waals surface area contributed by atoms with Gasteiger partial charge in [-0.2, -0.15) is 0 Å². The molecule has 0 amide bonds. The molecule has 0 heterocycles. The van der Waals surface area contributed by atoms with Crippen LogP contribution in [0.15, 0.2) is 46.9 Å². The normalized spacial score (nSPS) is 12.0. The maximum atomic E-state index is 11.4. The van der Waals surface area contributed by atoms with Crippen LogP contribution in [0.1, 0.15) is 31.9 Å². The van der Waals surface area contributed by atoms with E-state index in [1.807, 2.05) is 63.2 Å². The Morgan fingerprint density at radius 2 is 1.85 bits per heavy atom. The van der Waals surface area contributed by atoms with E-state index in [1.54, 1.807) is 0 Å². The third-order valence-electron chi connectivity index (χ3n) is 4.05. The predicted octanol–water partition coefficient (Wildman–Crippen LogP) is 4.63. The number of halogens is 1. The van der Waals surface area contributed by atoms with Gasteiger partial charge in [0.05, 0.1) is 11.1 Å². The van der Waals surface area contributed by atoms with E-state index in [0.29, 0.717) is 31.3 Å². The van der Waals surface area contributed by atoms with Gasteiger partial charge < -0.3 is 19.9 Å². The molecule has 0 aromatic heterocycles. The summed E-state index contributed by atoms with van der Waals surface area (Å²) in [5.41, 5.74) is 1.99. The minimum absolute atomic E-state index is 0.00854. The van der Waals surface area contributed by atoms with Crippen molar-refractivity contribution in [1.29, 1.82) is 0 Å². The van der Waals surface area contributed by atoms with Crippen molar-refractivity contribution in [1.82, 2.24) is 5.32 Å². The van der Waals surface area contributed by atoms with Crippen LogP contribution in [0.2, 0.25) is 0 Å². The average molecular weight is 436 g/mol. The topological polar surface area (TPSA) is 67.8 Å². The molecular formula is C21H26BrNO4. The van der Waals surface area contributed by atoms with E-state index < -0.39 is 12.0 Å². The third-order valence-corrected chi connectivity index (χ3v) is 4.64. The largest absolute Gasteiger partial charge is 0.490 e. The van der Waals surface area contributed by atoms with Crippen molar-refractivity contribution in [3.8, 4) is 11.5 Å². The zero-order chi connectivity index (χ0) is 19.8. The summed E-state index contributed by atoms with van der Waals surface area (Å²) in [6, 6.07) is 13.1. The van der Waals surface area contributed by atoms with Crippen LogP contribution < -0.4 is 14.8 Å². The highest BCUT2D eigenvalue weighted by Crippen LogP contribution is 2.37. The second-order valence-corrected chi connectivity index (χ2v) is 7.41. The number of hydrogen-bond donors (Lipinski definition) is 2. The van der Waals surface area contributed by atoms with Crippen molar-refractivity contribution >= 4 is 21.9 Å². The summed E-state index contributed by atoms with van der Waals surface area (Å²) in [5.74, 6) is 0.418. The second-order valence-electron chi connectivity index (χ2n) is 6.55. The van der Waals surface area contributed by atoms with Gasteiger partial charge in [0.25, 0.3) is 0 Å². The van der Waals surface area contributed by atoms with Crippen molar-refractivity contribution in [2.75, 3.05) is 6.61 Å². The average Bonchev–Trinajstić information content (AvgIpc) is 2.61. The lowest BCUT2D eigenvalue weighted by molar-refractivity contribution is -0.140. The first-order chi connectivity index (χ1) is 12.9. The number of carboxylic acid groups (broad SMARTS) is 1. The van der Waals surface area contributed by atoms with Crippen LogP contribution in [0.3, 0.4) is 0 Å². The van der Waals surface area contributed by atoms with Crippen molar-refractivity contribution in [3.05, 3.63) is 58.1 Å². The molecule has 6 heteroatoms. The first kappa shape index (κ1) is 21.3. The molecule has 0 saturated carbocycles. The summed E-state index contributed by atoms with van der Waals surface area (Å²) in [7, 11) is 0. The van der Waals surface area contributed by atoms with Gasteiger partial charge in [-0.05, 0) is 52.0 Å². The van der Waals surface area contributed by atoms with Gasteiger partial charge in [-0.25, -0.2) is 0 Å². The fourth-order valence-electron chi connectivity index (χ4n) is 2.69. The van der Waals surface area contributed by atoms with Gasteiger partial charge in [0.2, 0.25) is 0 Å². The lowest BCUT2D eigenvalue weighted by atomic mass is 10.0. The summed E-state index contributed by atoms with van der Waals surface area (Å²) >= 11 is 3.56. The number of rotatable bonds is 10. The van der Waals surface area contributed by atoms with E-state index >= 15 is 0 Å². The molecule has 0 aliphatic heterocycles. The molecule has 0 aliphatic carbocycles. The Balaban J connectivity index is 2.15. The quantitative estimate of drug-likeness (QED) is 0.569. The predicted molar refractivity (Wildman–Crippen MR) is 109 cm³/mol. The zero-order valence-corrected chi connectivity index (χ0v) is 17.5. The molecule has 5 nitrogen and oxygen atoms in total. The monoisotopic (exact) mass is 435 g/mol. The lowest BCUT2D eigenvalue weighted by Crippen LogP contribution is -2.40. The third kappa shape index (κ3) is 6.26. The van der Waals surface area contributed by atoms with Crippen molar-refractivity contribution < 1.29 is 19.4 Å². The molecule has 2 aromatic rings. The summed E-state index contributed by atoms with van der Waals surface area (Å²) in [5, 5.41) is 12.4. The molecule has 0 fully saturated rings. The van der Waals surface area contributed by atoms with Gasteiger partial charge in [0.15, 0.2) is 11.5 Å². The van der Waals surface area contributed by atoms with Crippen LogP contribution in [0.25, 0.3) is 0 Å². The second kappa shape index (κ2) is 10.3. The Bertz CT molecular complexity index is 749. The fourth-order valence-corrected chi connectivity index (χ4v) is 3.30. The number of ether oxygens (including phenoxy) is 2. The van der Waals surface area contributed by atoms with E-state index in [0.717, 1.165) is 15.6 Å². The highest BCUT2D eigenvalue weighted by molar-refractivity contribution is 9.10.